The first-order chi connectivity index (χ1) is 15.9. The largest absolute Gasteiger partial charge is 0.495 e. The molecule has 1 fully saturated rings. The first kappa shape index (κ1) is 23.1. The quantitative estimate of drug-likeness (QED) is 0.529. The van der Waals surface area contributed by atoms with E-state index in [0.717, 1.165) is 23.6 Å². The lowest BCUT2D eigenvalue weighted by molar-refractivity contribution is -0.122. The van der Waals surface area contributed by atoms with Gasteiger partial charge in [-0.1, -0.05) is 43.3 Å². The van der Waals surface area contributed by atoms with Gasteiger partial charge >= 0.3 is 0 Å². The highest BCUT2D eigenvalue weighted by Gasteiger charge is 2.28. The molecule has 1 atom stereocenters. The van der Waals surface area contributed by atoms with Crippen molar-refractivity contribution in [1.29, 1.82) is 0 Å². The van der Waals surface area contributed by atoms with Gasteiger partial charge in [0.1, 0.15) is 11.5 Å². The third-order valence-electron chi connectivity index (χ3n) is 5.81. The van der Waals surface area contributed by atoms with Crippen LogP contribution in [0, 0.1) is 0 Å². The summed E-state index contributed by atoms with van der Waals surface area (Å²) in [6.45, 7) is 2.88. The Morgan fingerprint density at radius 3 is 2.48 bits per heavy atom. The van der Waals surface area contributed by atoms with Crippen molar-refractivity contribution >= 4 is 32.4 Å². The van der Waals surface area contributed by atoms with Crippen LogP contribution in [-0.2, 0) is 14.8 Å². The van der Waals surface area contributed by atoms with Crippen LogP contribution < -0.4 is 14.8 Å². The van der Waals surface area contributed by atoms with Crippen molar-refractivity contribution in [2.75, 3.05) is 25.5 Å². The number of nitrogens with zero attached hydrogens (tertiary/aromatic N) is 1. The number of ether oxygens (including phenoxy) is 2. The van der Waals surface area contributed by atoms with Gasteiger partial charge in [-0.05, 0) is 48.9 Å². The van der Waals surface area contributed by atoms with Crippen molar-refractivity contribution in [3.8, 4) is 11.5 Å². The number of hydrogen-bond acceptors (Lipinski definition) is 5. The van der Waals surface area contributed by atoms with Gasteiger partial charge in [-0.25, -0.2) is 8.42 Å². The van der Waals surface area contributed by atoms with Crippen LogP contribution in [0.15, 0.2) is 65.6 Å². The zero-order valence-corrected chi connectivity index (χ0v) is 19.6. The molecule has 4 rings (SSSR count). The van der Waals surface area contributed by atoms with Gasteiger partial charge in [0.2, 0.25) is 10.0 Å². The summed E-state index contributed by atoms with van der Waals surface area (Å²) in [5.41, 5.74) is 0.294. The molecule has 33 heavy (non-hydrogen) atoms. The fraction of sp³-hybridized carbons (Fsp3) is 0.320. The summed E-state index contributed by atoms with van der Waals surface area (Å²) < 4.78 is 38.9. The normalized spacial score (nSPS) is 15.3. The average molecular weight is 469 g/mol. The Morgan fingerprint density at radius 2 is 1.76 bits per heavy atom. The van der Waals surface area contributed by atoms with Crippen molar-refractivity contribution in [3.63, 3.8) is 0 Å². The molecule has 7 nitrogen and oxygen atoms in total. The summed E-state index contributed by atoms with van der Waals surface area (Å²) in [4.78, 5) is 13.2. The van der Waals surface area contributed by atoms with E-state index >= 15 is 0 Å². The summed E-state index contributed by atoms with van der Waals surface area (Å²) in [5, 5.41) is 4.75. The fourth-order valence-corrected chi connectivity index (χ4v) is 5.55. The molecule has 1 N–H and O–H groups in total. The average Bonchev–Trinajstić information content (AvgIpc) is 3.38. The number of anilines is 1. The Hall–Kier alpha value is -3.10. The first-order valence-corrected chi connectivity index (χ1v) is 12.5. The van der Waals surface area contributed by atoms with Crippen molar-refractivity contribution in [3.05, 3.63) is 60.7 Å². The molecular weight excluding hydrogens is 440 g/mol. The predicted molar refractivity (Wildman–Crippen MR) is 128 cm³/mol. The van der Waals surface area contributed by atoms with Crippen LogP contribution in [0.5, 0.6) is 11.5 Å². The lowest BCUT2D eigenvalue weighted by Gasteiger charge is -2.20. The number of nitrogens with one attached hydrogen (secondary N) is 1. The molecule has 0 bridgehead atoms. The lowest BCUT2D eigenvalue weighted by atomic mass is 10.1. The number of sulfonamides is 1. The van der Waals surface area contributed by atoms with Crippen LogP contribution in [-0.4, -0.2) is 44.9 Å². The molecule has 3 aromatic carbocycles. The van der Waals surface area contributed by atoms with Crippen molar-refractivity contribution in [2.24, 2.45) is 0 Å². The van der Waals surface area contributed by atoms with E-state index in [1.54, 1.807) is 6.07 Å². The Bertz CT molecular complexity index is 1250. The SMILES string of the molecule is CC[C@H](Oc1cccc2ccccc12)C(=O)Nc1cc(S(=O)(=O)N2CCCC2)ccc1OC. The molecule has 0 saturated carbocycles. The van der Waals surface area contributed by atoms with E-state index in [9.17, 15) is 13.2 Å². The minimum Gasteiger partial charge on any atom is -0.495 e. The molecule has 0 unspecified atom stereocenters. The second-order valence-electron chi connectivity index (χ2n) is 7.95. The third-order valence-corrected chi connectivity index (χ3v) is 7.71. The number of hydrogen-bond donors (Lipinski definition) is 1. The minimum absolute atomic E-state index is 0.128. The minimum atomic E-state index is -3.63. The topological polar surface area (TPSA) is 84.9 Å². The molecule has 1 amide bonds. The van der Waals surface area contributed by atoms with Gasteiger partial charge in [-0.3, -0.25) is 4.79 Å². The van der Waals surface area contributed by atoms with E-state index in [1.165, 1.54) is 23.5 Å². The summed E-state index contributed by atoms with van der Waals surface area (Å²) in [5.74, 6) is 0.621. The number of carbonyl (C=O) groups is 1. The molecule has 0 spiro atoms. The highest BCUT2D eigenvalue weighted by atomic mass is 32.2. The van der Waals surface area contributed by atoms with Crippen LogP contribution >= 0.6 is 0 Å². The zero-order chi connectivity index (χ0) is 23.4. The van der Waals surface area contributed by atoms with E-state index < -0.39 is 16.1 Å². The molecule has 0 aliphatic carbocycles. The van der Waals surface area contributed by atoms with Gasteiger partial charge in [-0.15, -0.1) is 0 Å². The Labute approximate surface area is 194 Å². The first-order valence-electron chi connectivity index (χ1n) is 11.1. The lowest BCUT2D eigenvalue weighted by Crippen LogP contribution is -2.33. The maximum Gasteiger partial charge on any atom is 0.265 e. The summed E-state index contributed by atoms with van der Waals surface area (Å²) in [6.07, 6.45) is 1.37. The van der Waals surface area contributed by atoms with Gasteiger partial charge in [-0.2, -0.15) is 4.31 Å². The highest BCUT2D eigenvalue weighted by molar-refractivity contribution is 7.89. The number of fused-ring (bicyclic) bond motifs is 1. The molecule has 1 heterocycles. The van der Waals surface area contributed by atoms with E-state index in [0.29, 0.717) is 36.7 Å². The summed E-state index contributed by atoms with van der Waals surface area (Å²) >= 11 is 0. The maximum absolute atomic E-state index is 13.1. The zero-order valence-electron chi connectivity index (χ0n) is 18.8. The number of carbonyl (C=O) groups excluding carboxylic acids is 1. The predicted octanol–water partition coefficient (Wildman–Crippen LogP) is 4.43. The molecule has 3 aromatic rings. The molecule has 1 aliphatic rings. The highest BCUT2D eigenvalue weighted by Crippen LogP contribution is 2.31. The Morgan fingerprint density at radius 1 is 1.03 bits per heavy atom. The van der Waals surface area contributed by atoms with Crippen LogP contribution in [0.4, 0.5) is 5.69 Å². The molecule has 0 radical (unpaired) electrons. The molecule has 174 valence electrons. The smallest absolute Gasteiger partial charge is 0.265 e. The van der Waals surface area contributed by atoms with Gasteiger partial charge in [0.25, 0.3) is 5.91 Å². The number of amides is 1. The van der Waals surface area contributed by atoms with E-state index in [1.807, 2.05) is 49.4 Å². The Balaban J connectivity index is 1.58. The third kappa shape index (κ3) is 4.82. The maximum atomic E-state index is 13.1. The molecule has 1 saturated heterocycles. The van der Waals surface area contributed by atoms with E-state index in [4.69, 9.17) is 9.47 Å². The van der Waals surface area contributed by atoms with Crippen LogP contribution in [0.1, 0.15) is 26.2 Å². The van der Waals surface area contributed by atoms with E-state index in [-0.39, 0.29) is 10.8 Å². The Kier molecular flexibility index (Phi) is 6.85. The van der Waals surface area contributed by atoms with Crippen molar-refractivity contribution in [1.82, 2.24) is 4.31 Å². The van der Waals surface area contributed by atoms with Gasteiger partial charge in [0.15, 0.2) is 6.10 Å². The summed E-state index contributed by atoms with van der Waals surface area (Å²) in [6, 6.07) is 18.0. The molecular formula is C25H28N2O5S. The number of methoxy groups -OCH3 is 1. The van der Waals surface area contributed by atoms with Crippen molar-refractivity contribution < 1.29 is 22.7 Å². The van der Waals surface area contributed by atoms with Crippen LogP contribution in [0.2, 0.25) is 0 Å². The summed E-state index contributed by atoms with van der Waals surface area (Å²) in [7, 11) is -2.15. The molecule has 8 heteroatoms. The van der Waals surface area contributed by atoms with E-state index in [2.05, 4.69) is 5.32 Å². The second-order valence-corrected chi connectivity index (χ2v) is 9.89. The second kappa shape index (κ2) is 9.80. The molecule has 0 aromatic heterocycles. The van der Waals surface area contributed by atoms with Gasteiger partial charge in [0, 0.05) is 18.5 Å². The monoisotopic (exact) mass is 468 g/mol. The standard InChI is InChI=1S/C25H28N2O5S/c1-3-22(32-23-12-8-10-18-9-4-5-11-20(18)23)25(28)26-21-17-19(13-14-24(21)31-2)33(29,30)27-15-6-7-16-27/h4-5,8-14,17,22H,3,6-7,15-16H2,1-2H3,(H,26,28)/t22-/m0/s1. The van der Waals surface area contributed by atoms with Crippen molar-refractivity contribution in [2.45, 2.75) is 37.2 Å². The van der Waals surface area contributed by atoms with Crippen LogP contribution in [0.3, 0.4) is 0 Å². The fourth-order valence-electron chi connectivity index (χ4n) is 4.01. The number of rotatable bonds is 8. The van der Waals surface area contributed by atoms with Gasteiger partial charge < -0.3 is 14.8 Å². The van der Waals surface area contributed by atoms with Crippen LogP contribution in [0.25, 0.3) is 10.8 Å². The molecule has 1 aliphatic heterocycles. The van der Waals surface area contributed by atoms with Gasteiger partial charge in [0.05, 0.1) is 17.7 Å². The number of benzene rings is 3.